The van der Waals surface area contributed by atoms with Crippen LogP contribution >= 0.6 is 11.6 Å². The molecule has 0 radical (unpaired) electrons. The molecule has 0 aliphatic heterocycles. The van der Waals surface area contributed by atoms with E-state index in [-0.39, 0.29) is 0 Å². The summed E-state index contributed by atoms with van der Waals surface area (Å²) >= 11 is 4.88. The van der Waals surface area contributed by atoms with E-state index in [9.17, 15) is 13.2 Å². The largest absolute Gasteiger partial charge is 0.313 e. The van der Waals surface area contributed by atoms with Crippen molar-refractivity contribution in [3.63, 3.8) is 0 Å². The zero-order valence-corrected chi connectivity index (χ0v) is 6.05. The van der Waals surface area contributed by atoms with Gasteiger partial charge in [0.2, 0.25) is 0 Å². The number of halogens is 4. The Hall–Kier alpha value is 0.0400. The SMILES string of the molecule is CNC1CC(F)(F)C1(F)Cl. The molecule has 0 aromatic rings. The van der Waals surface area contributed by atoms with Crippen molar-refractivity contribution in [2.24, 2.45) is 0 Å². The van der Waals surface area contributed by atoms with E-state index in [1.165, 1.54) is 7.05 Å². The van der Waals surface area contributed by atoms with Gasteiger partial charge in [0.15, 0.2) is 0 Å². The highest BCUT2D eigenvalue weighted by Gasteiger charge is 2.69. The molecule has 10 heavy (non-hydrogen) atoms. The molecule has 1 aliphatic rings. The van der Waals surface area contributed by atoms with Crippen LogP contribution in [0.3, 0.4) is 0 Å². The Morgan fingerprint density at radius 1 is 1.50 bits per heavy atom. The van der Waals surface area contributed by atoms with E-state index >= 15 is 0 Å². The van der Waals surface area contributed by atoms with Crippen molar-refractivity contribution in [3.05, 3.63) is 0 Å². The molecular formula is C5H7ClF3N. The van der Waals surface area contributed by atoms with Gasteiger partial charge in [-0.3, -0.25) is 0 Å². The molecule has 0 spiro atoms. The average Bonchev–Trinajstić information content (AvgIpc) is 1.83. The van der Waals surface area contributed by atoms with Crippen LogP contribution in [0.25, 0.3) is 0 Å². The van der Waals surface area contributed by atoms with Crippen LogP contribution in [0.1, 0.15) is 6.42 Å². The van der Waals surface area contributed by atoms with Crippen LogP contribution in [0.5, 0.6) is 0 Å². The normalized spacial score (nSPS) is 44.7. The van der Waals surface area contributed by atoms with Crippen molar-refractivity contribution in [3.8, 4) is 0 Å². The molecule has 1 N–H and O–H groups in total. The fourth-order valence-electron chi connectivity index (χ4n) is 0.928. The highest BCUT2D eigenvalue weighted by Crippen LogP contribution is 2.52. The van der Waals surface area contributed by atoms with Crippen LogP contribution in [0.4, 0.5) is 13.2 Å². The Labute approximate surface area is 61.5 Å². The third kappa shape index (κ3) is 0.820. The van der Waals surface area contributed by atoms with Crippen LogP contribution < -0.4 is 5.32 Å². The Morgan fingerprint density at radius 3 is 2.10 bits per heavy atom. The maximum Gasteiger partial charge on any atom is 0.298 e. The molecule has 1 aliphatic carbocycles. The quantitative estimate of drug-likeness (QED) is 0.593. The van der Waals surface area contributed by atoms with Crippen LogP contribution in [-0.4, -0.2) is 24.1 Å². The van der Waals surface area contributed by atoms with E-state index in [0.29, 0.717) is 0 Å². The van der Waals surface area contributed by atoms with Gasteiger partial charge >= 0.3 is 0 Å². The minimum atomic E-state index is -3.37. The third-order valence-electron chi connectivity index (χ3n) is 1.73. The first-order chi connectivity index (χ1) is 4.42. The van der Waals surface area contributed by atoms with Crippen molar-refractivity contribution in [2.75, 3.05) is 7.05 Å². The lowest BCUT2D eigenvalue weighted by molar-refractivity contribution is -0.186. The van der Waals surface area contributed by atoms with Crippen molar-refractivity contribution >= 4 is 11.6 Å². The van der Waals surface area contributed by atoms with Crippen molar-refractivity contribution in [2.45, 2.75) is 23.5 Å². The summed E-state index contributed by atoms with van der Waals surface area (Å²) in [6.07, 6.45) is -0.524. The second-order valence-corrected chi connectivity index (χ2v) is 2.92. The monoisotopic (exact) mass is 173 g/mol. The maximum absolute atomic E-state index is 12.6. The molecule has 1 fully saturated rings. The Bertz CT molecular complexity index is 148. The second kappa shape index (κ2) is 2.01. The third-order valence-corrected chi connectivity index (χ3v) is 2.27. The fraction of sp³-hybridized carbons (Fsp3) is 1.00. The van der Waals surface area contributed by atoms with Gasteiger partial charge in [0.05, 0.1) is 6.04 Å². The predicted octanol–water partition coefficient (Wildman–Crippen LogP) is 1.52. The maximum atomic E-state index is 12.6. The first kappa shape index (κ1) is 8.14. The van der Waals surface area contributed by atoms with Crippen LogP contribution in [-0.2, 0) is 0 Å². The van der Waals surface area contributed by atoms with E-state index in [1.807, 2.05) is 0 Å². The summed E-state index contributed by atoms with van der Waals surface area (Å²) < 4.78 is 37.0. The zero-order chi connectivity index (χ0) is 7.99. The van der Waals surface area contributed by atoms with Gasteiger partial charge in [-0.2, -0.15) is 0 Å². The summed E-state index contributed by atoms with van der Waals surface area (Å²) in [6.45, 7) is 0. The molecule has 1 saturated carbocycles. The van der Waals surface area contributed by atoms with Crippen LogP contribution in [0, 0.1) is 0 Å². The standard InChI is InChI=1S/C5H7ClF3N/c1-10-3-2-4(7,8)5(3,6)9/h3,10H,2H2,1H3. The van der Waals surface area contributed by atoms with E-state index in [0.717, 1.165) is 0 Å². The second-order valence-electron chi connectivity index (χ2n) is 2.37. The molecule has 0 bridgehead atoms. The smallest absolute Gasteiger partial charge is 0.298 e. The van der Waals surface area contributed by atoms with E-state index in [4.69, 9.17) is 11.6 Å². The Morgan fingerprint density at radius 2 is 2.00 bits per heavy atom. The van der Waals surface area contributed by atoms with E-state index in [1.54, 1.807) is 0 Å². The Balaban J connectivity index is 2.65. The minimum Gasteiger partial charge on any atom is -0.313 e. The lowest BCUT2D eigenvalue weighted by atomic mass is 9.85. The van der Waals surface area contributed by atoms with Crippen LogP contribution in [0.2, 0.25) is 0 Å². The first-order valence-electron chi connectivity index (χ1n) is 2.85. The molecule has 2 unspecified atom stereocenters. The summed E-state index contributed by atoms with van der Waals surface area (Å²) in [5, 5.41) is -0.527. The van der Waals surface area contributed by atoms with E-state index < -0.39 is 23.5 Å². The van der Waals surface area contributed by atoms with Gasteiger partial charge in [-0.15, -0.1) is 0 Å². The summed E-state index contributed by atoms with van der Waals surface area (Å²) in [5.74, 6) is -3.37. The number of rotatable bonds is 1. The molecule has 0 amide bonds. The number of alkyl halides is 4. The molecule has 0 aromatic heterocycles. The summed E-state index contributed by atoms with van der Waals surface area (Å²) in [7, 11) is 1.40. The molecule has 0 heterocycles. The van der Waals surface area contributed by atoms with Gasteiger partial charge in [0, 0.05) is 6.42 Å². The molecule has 2 atom stereocenters. The molecule has 1 nitrogen and oxygen atoms in total. The highest BCUT2D eigenvalue weighted by atomic mass is 35.5. The topological polar surface area (TPSA) is 12.0 Å². The minimum absolute atomic E-state index is 0.524. The van der Waals surface area contributed by atoms with Crippen LogP contribution in [0.15, 0.2) is 0 Å². The molecular weight excluding hydrogens is 167 g/mol. The molecule has 5 heteroatoms. The Kier molecular flexibility index (Phi) is 1.64. The van der Waals surface area contributed by atoms with Gasteiger partial charge in [-0.05, 0) is 7.05 Å². The summed E-state index contributed by atoms with van der Waals surface area (Å²) in [6, 6.07) is -0.927. The summed E-state index contributed by atoms with van der Waals surface area (Å²) in [4.78, 5) is 0. The van der Waals surface area contributed by atoms with Gasteiger partial charge < -0.3 is 5.32 Å². The molecule has 1 rings (SSSR count). The van der Waals surface area contributed by atoms with Gasteiger partial charge in [-0.25, -0.2) is 13.2 Å². The number of hydrogen-bond acceptors (Lipinski definition) is 1. The van der Waals surface area contributed by atoms with Crippen molar-refractivity contribution in [1.82, 2.24) is 5.32 Å². The molecule has 60 valence electrons. The van der Waals surface area contributed by atoms with Gasteiger partial charge in [-0.1, -0.05) is 11.6 Å². The highest BCUT2D eigenvalue weighted by molar-refractivity contribution is 6.24. The number of hydrogen-bond donors (Lipinski definition) is 1. The fourth-order valence-corrected chi connectivity index (χ4v) is 1.19. The first-order valence-corrected chi connectivity index (χ1v) is 3.22. The zero-order valence-electron chi connectivity index (χ0n) is 5.30. The molecule has 0 saturated heterocycles. The predicted molar refractivity (Wildman–Crippen MR) is 32.1 cm³/mol. The lowest BCUT2D eigenvalue weighted by Crippen LogP contribution is -2.66. The van der Waals surface area contributed by atoms with Gasteiger partial charge in [0.25, 0.3) is 11.1 Å². The van der Waals surface area contributed by atoms with Gasteiger partial charge in [0.1, 0.15) is 0 Å². The number of nitrogens with one attached hydrogen (secondary N) is 1. The van der Waals surface area contributed by atoms with E-state index in [2.05, 4.69) is 5.32 Å². The lowest BCUT2D eigenvalue weighted by Gasteiger charge is -2.45. The average molecular weight is 174 g/mol. The molecule has 0 aromatic carbocycles. The van der Waals surface area contributed by atoms with Crippen molar-refractivity contribution < 1.29 is 13.2 Å². The van der Waals surface area contributed by atoms with Crippen molar-refractivity contribution in [1.29, 1.82) is 0 Å². The summed E-state index contributed by atoms with van der Waals surface area (Å²) in [5.41, 5.74) is 0.